The highest BCUT2D eigenvalue weighted by Gasteiger charge is 2.53. The van der Waals surface area contributed by atoms with Crippen LogP contribution in [0.15, 0.2) is 10.1 Å². The van der Waals surface area contributed by atoms with Crippen molar-refractivity contribution in [3.05, 3.63) is 17.3 Å². The number of amides is 2. The predicted molar refractivity (Wildman–Crippen MR) is 93.3 cm³/mol. The topological polar surface area (TPSA) is 97.6 Å². The number of carbonyl (C=O) groups is 2. The second-order valence-electron chi connectivity index (χ2n) is 5.50. The van der Waals surface area contributed by atoms with Crippen molar-refractivity contribution in [2.45, 2.75) is 29.1 Å². The number of rotatable bonds is 3. The van der Waals surface area contributed by atoms with Crippen molar-refractivity contribution in [2.75, 3.05) is 12.4 Å². The van der Waals surface area contributed by atoms with Gasteiger partial charge in [-0.25, -0.2) is 4.79 Å². The van der Waals surface area contributed by atoms with Gasteiger partial charge in [0.2, 0.25) is 3.79 Å². The molecule has 1 fully saturated rings. The van der Waals surface area contributed by atoms with E-state index in [9.17, 15) is 9.59 Å². The van der Waals surface area contributed by atoms with Gasteiger partial charge in [-0.2, -0.15) is 4.98 Å². The molecule has 1 unspecified atom stereocenters. The largest absolute Gasteiger partial charge is 0.445 e. The lowest BCUT2D eigenvalue weighted by molar-refractivity contribution is -0.140. The Morgan fingerprint density at radius 3 is 2.80 bits per heavy atom. The maximum Gasteiger partial charge on any atom is 0.408 e. The first-order valence-electron chi connectivity index (χ1n) is 7.12. The van der Waals surface area contributed by atoms with E-state index in [0.717, 1.165) is 5.57 Å². The van der Waals surface area contributed by atoms with Crippen LogP contribution in [-0.4, -0.2) is 54.6 Å². The van der Waals surface area contributed by atoms with Crippen LogP contribution in [0.4, 0.5) is 4.79 Å². The fraction of sp³-hybridized carbons (Fsp3) is 0.538. The van der Waals surface area contributed by atoms with Crippen molar-refractivity contribution in [1.29, 1.82) is 0 Å². The highest BCUT2D eigenvalue weighted by molar-refractivity contribution is 8.00. The lowest BCUT2D eigenvalue weighted by atomic mass is 10.0. The van der Waals surface area contributed by atoms with Crippen LogP contribution < -0.4 is 5.32 Å². The number of alkyl halides is 3. The Hall–Kier alpha value is -1.16. The van der Waals surface area contributed by atoms with Gasteiger partial charge in [0.1, 0.15) is 23.7 Å². The lowest BCUT2D eigenvalue weighted by Crippen LogP contribution is -2.69. The van der Waals surface area contributed by atoms with E-state index in [1.165, 1.54) is 16.7 Å². The third-order valence-corrected chi connectivity index (χ3v) is 5.28. The smallest absolute Gasteiger partial charge is 0.408 e. The van der Waals surface area contributed by atoms with Gasteiger partial charge < -0.3 is 14.6 Å². The molecule has 1 aromatic heterocycles. The molecule has 0 radical (unpaired) electrons. The third kappa shape index (κ3) is 3.84. The number of thioether (sulfide) groups is 1. The number of β-lactam (4-membered cyclic amide) rings is 1. The minimum atomic E-state index is -1.71. The number of nitrogens with one attached hydrogen (secondary N) is 1. The number of aromatic nitrogens is 2. The maximum absolute atomic E-state index is 12.5. The molecule has 1 N–H and O–H groups in total. The van der Waals surface area contributed by atoms with E-state index in [2.05, 4.69) is 15.5 Å². The second-order valence-corrected chi connectivity index (χ2v) is 9.12. The second kappa shape index (κ2) is 6.86. The molecule has 1 saturated heterocycles. The zero-order valence-electron chi connectivity index (χ0n) is 13.1. The van der Waals surface area contributed by atoms with Crippen LogP contribution in [-0.2, 0) is 9.53 Å². The van der Waals surface area contributed by atoms with E-state index in [1.54, 1.807) is 6.92 Å². The number of ether oxygens (including phenoxy) is 1. The Balaban J connectivity index is 1.69. The highest BCUT2D eigenvalue weighted by atomic mass is 35.6. The molecule has 8 nitrogen and oxygen atoms in total. The first kappa shape index (κ1) is 18.6. The summed E-state index contributed by atoms with van der Waals surface area (Å²) in [6.07, 6.45) is -0.827. The monoisotopic (exact) mass is 426 g/mol. The molecule has 0 aromatic carbocycles. The summed E-state index contributed by atoms with van der Waals surface area (Å²) in [4.78, 5) is 30.0. The molecule has 25 heavy (non-hydrogen) atoms. The molecule has 0 spiro atoms. The summed E-state index contributed by atoms with van der Waals surface area (Å²) >= 11 is 18.1. The molecule has 3 rings (SSSR count). The van der Waals surface area contributed by atoms with Gasteiger partial charge in [-0.15, -0.1) is 11.8 Å². The summed E-state index contributed by atoms with van der Waals surface area (Å²) in [5.74, 6) is 1.12. The van der Waals surface area contributed by atoms with E-state index in [4.69, 9.17) is 44.1 Å². The molecule has 2 atom stereocenters. The van der Waals surface area contributed by atoms with E-state index in [1.807, 2.05) is 6.92 Å². The Bertz CT molecular complexity index is 748. The molecular formula is C13H13Cl3N4O4S. The highest BCUT2D eigenvalue weighted by Crippen LogP contribution is 2.43. The van der Waals surface area contributed by atoms with Crippen LogP contribution in [0.5, 0.6) is 0 Å². The summed E-state index contributed by atoms with van der Waals surface area (Å²) in [5, 5.41) is 5.96. The molecule has 12 heteroatoms. The van der Waals surface area contributed by atoms with Crippen LogP contribution in [0.1, 0.15) is 18.6 Å². The van der Waals surface area contributed by atoms with Crippen molar-refractivity contribution < 1.29 is 18.8 Å². The standard InChI is InChI=1S/C13H13Cl3N4O4S/c1-5-3-25-11-7(18-12(22)23-4-13(14,15)16)10(21)20(11)8(5)9-17-6(2)19-24-9/h7,11H,3-4H2,1-2H3,(H,18,22)/t7-,11?/m1/s1. The quantitative estimate of drug-likeness (QED) is 0.584. The van der Waals surface area contributed by atoms with Crippen molar-refractivity contribution in [3.8, 4) is 0 Å². The summed E-state index contributed by atoms with van der Waals surface area (Å²) in [6, 6.07) is -0.736. The average Bonchev–Trinajstić information content (AvgIpc) is 2.95. The van der Waals surface area contributed by atoms with Gasteiger partial charge in [0.15, 0.2) is 5.82 Å². The van der Waals surface area contributed by atoms with Crippen molar-refractivity contribution in [2.24, 2.45) is 0 Å². The zero-order valence-corrected chi connectivity index (χ0v) is 16.2. The fourth-order valence-electron chi connectivity index (χ4n) is 2.48. The number of alkyl carbamates (subject to hydrolysis) is 1. The van der Waals surface area contributed by atoms with Crippen LogP contribution in [0.25, 0.3) is 5.70 Å². The first-order valence-corrected chi connectivity index (χ1v) is 9.31. The number of fused-ring (bicyclic) bond motifs is 1. The molecule has 1 aromatic rings. The molecule has 2 amide bonds. The molecular weight excluding hydrogens is 415 g/mol. The molecule has 0 saturated carbocycles. The van der Waals surface area contributed by atoms with Crippen LogP contribution in [0.2, 0.25) is 0 Å². The number of halogens is 3. The van der Waals surface area contributed by atoms with E-state index < -0.39 is 22.5 Å². The maximum atomic E-state index is 12.5. The minimum absolute atomic E-state index is 0.283. The number of nitrogens with zero attached hydrogens (tertiary/aromatic N) is 3. The van der Waals surface area contributed by atoms with Crippen LogP contribution >= 0.6 is 46.6 Å². The van der Waals surface area contributed by atoms with Crippen LogP contribution in [0, 0.1) is 6.92 Å². The molecule has 0 bridgehead atoms. The van der Waals surface area contributed by atoms with Crippen molar-refractivity contribution in [3.63, 3.8) is 0 Å². The van der Waals surface area contributed by atoms with Gasteiger partial charge in [0.25, 0.3) is 11.8 Å². The molecule has 136 valence electrons. The van der Waals surface area contributed by atoms with E-state index in [-0.39, 0.29) is 17.2 Å². The number of carbonyl (C=O) groups excluding carboxylic acids is 2. The van der Waals surface area contributed by atoms with Gasteiger partial charge in [-0.05, 0) is 19.4 Å². The fourth-order valence-corrected chi connectivity index (χ4v) is 3.94. The Morgan fingerprint density at radius 1 is 1.48 bits per heavy atom. The number of hydrogen-bond donors (Lipinski definition) is 1. The summed E-state index contributed by atoms with van der Waals surface area (Å²) in [7, 11) is 0. The predicted octanol–water partition coefficient (Wildman–Crippen LogP) is 2.49. The normalized spacial score (nSPS) is 23.2. The van der Waals surface area contributed by atoms with Gasteiger partial charge >= 0.3 is 6.09 Å². The summed E-state index contributed by atoms with van der Waals surface area (Å²) < 4.78 is 8.27. The lowest BCUT2D eigenvalue weighted by Gasteiger charge is -2.49. The minimum Gasteiger partial charge on any atom is -0.445 e. The number of hydrogen-bond acceptors (Lipinski definition) is 7. The first-order chi connectivity index (χ1) is 11.7. The third-order valence-electron chi connectivity index (χ3n) is 3.53. The SMILES string of the molecule is CC1=C(c2nc(C)no2)N2C(=O)[C@@H](NC(=O)OCC(Cl)(Cl)Cl)C2SC1. The van der Waals surface area contributed by atoms with Gasteiger partial charge in [0.05, 0.1) is 0 Å². The number of aryl methyl sites for hydroxylation is 1. The molecule has 2 aliphatic rings. The Morgan fingerprint density at radius 2 is 2.20 bits per heavy atom. The van der Waals surface area contributed by atoms with Crippen LogP contribution in [0.3, 0.4) is 0 Å². The van der Waals surface area contributed by atoms with E-state index >= 15 is 0 Å². The molecule has 0 aliphatic carbocycles. The van der Waals surface area contributed by atoms with Gasteiger partial charge in [-0.1, -0.05) is 40.0 Å². The summed E-state index contributed by atoms with van der Waals surface area (Å²) in [5.41, 5.74) is 1.53. The van der Waals surface area contributed by atoms with Gasteiger partial charge in [-0.3, -0.25) is 9.69 Å². The Labute approximate surface area is 162 Å². The van der Waals surface area contributed by atoms with Crippen molar-refractivity contribution >= 4 is 64.3 Å². The average molecular weight is 428 g/mol. The molecule has 3 heterocycles. The van der Waals surface area contributed by atoms with E-state index in [0.29, 0.717) is 17.3 Å². The zero-order chi connectivity index (χ0) is 18.4. The Kier molecular flexibility index (Phi) is 5.11. The van der Waals surface area contributed by atoms with Crippen molar-refractivity contribution in [1.82, 2.24) is 20.4 Å². The van der Waals surface area contributed by atoms with Gasteiger partial charge in [0, 0.05) is 5.75 Å². The summed E-state index contributed by atoms with van der Waals surface area (Å²) in [6.45, 7) is 3.17. The molecule has 2 aliphatic heterocycles.